The number of halogens is 1. The van der Waals surface area contributed by atoms with Gasteiger partial charge in [-0.2, -0.15) is 0 Å². The molecular weight excluding hydrogens is 457 g/mol. The maximum Gasteiger partial charge on any atom is 0.412 e. The van der Waals surface area contributed by atoms with Crippen LogP contribution in [0, 0.1) is 5.82 Å². The summed E-state index contributed by atoms with van der Waals surface area (Å²) in [6.07, 6.45) is 1.36. The fourth-order valence-corrected chi connectivity index (χ4v) is 3.63. The van der Waals surface area contributed by atoms with Gasteiger partial charge in [0.05, 0.1) is 50.0 Å². The van der Waals surface area contributed by atoms with Gasteiger partial charge in [0.2, 0.25) is 0 Å². The summed E-state index contributed by atoms with van der Waals surface area (Å²) in [6.45, 7) is 5.44. The highest BCUT2D eigenvalue weighted by Gasteiger charge is 2.34. The predicted molar refractivity (Wildman–Crippen MR) is 126 cm³/mol. The number of benzene rings is 1. The summed E-state index contributed by atoms with van der Waals surface area (Å²) in [7, 11) is 0. The Labute approximate surface area is 204 Å². The van der Waals surface area contributed by atoms with E-state index in [2.05, 4.69) is 10.3 Å². The number of carbonyl (C=O) groups excluding carboxylic acids is 2. The van der Waals surface area contributed by atoms with Gasteiger partial charge in [-0.25, -0.2) is 14.0 Å². The van der Waals surface area contributed by atoms with Gasteiger partial charge < -0.3 is 19.3 Å². The van der Waals surface area contributed by atoms with Crippen molar-refractivity contribution in [3.63, 3.8) is 0 Å². The molecule has 2 amide bonds. The number of nitrogens with one attached hydrogen (secondary N) is 1. The van der Waals surface area contributed by atoms with Crippen molar-refractivity contribution in [3.8, 4) is 0 Å². The van der Waals surface area contributed by atoms with Crippen molar-refractivity contribution < 1.29 is 33.3 Å². The molecule has 1 aromatic heterocycles. The number of anilines is 1. The molecule has 0 radical (unpaired) electrons. The molecule has 0 saturated carbocycles. The molecule has 35 heavy (non-hydrogen) atoms. The minimum absolute atomic E-state index is 0.0766. The van der Waals surface area contributed by atoms with Gasteiger partial charge in [0.25, 0.3) is 0 Å². The van der Waals surface area contributed by atoms with E-state index in [-0.39, 0.29) is 44.0 Å². The molecule has 0 aliphatic carbocycles. The molecule has 10 heteroatoms. The molecule has 1 aliphatic rings. The first-order valence-electron chi connectivity index (χ1n) is 11.5. The summed E-state index contributed by atoms with van der Waals surface area (Å²) in [4.78, 5) is 30.1. The Hall–Kier alpha value is -3.24. The highest BCUT2D eigenvalue weighted by Crippen LogP contribution is 2.24. The van der Waals surface area contributed by atoms with Crippen LogP contribution in [0.25, 0.3) is 0 Å². The molecule has 9 nitrogen and oxygen atoms in total. The zero-order valence-electron chi connectivity index (χ0n) is 20.2. The highest BCUT2D eigenvalue weighted by atomic mass is 19.1. The maximum atomic E-state index is 14.6. The standard InChI is InChI=1S/C25H32FN3O6/c1-25(2,3)35-24(32)29-13-19(33-16-18(29)14-30)9-10-20-21(26)11-27-12-22(20)28-23(31)34-15-17-7-5-4-6-8-17/h4-8,11-12,18-19,30H,9-10,13-16H2,1-3H3,(H,28,31)/t18-,19-/m1/s1. The number of hydrogen-bond donors (Lipinski definition) is 2. The van der Waals surface area contributed by atoms with E-state index in [1.54, 1.807) is 20.8 Å². The molecule has 3 rings (SSSR count). The summed E-state index contributed by atoms with van der Waals surface area (Å²) in [5.74, 6) is -0.570. The first-order chi connectivity index (χ1) is 16.7. The van der Waals surface area contributed by atoms with Gasteiger partial charge in [-0.3, -0.25) is 15.2 Å². The molecule has 190 valence electrons. The van der Waals surface area contributed by atoms with E-state index in [1.807, 2.05) is 30.3 Å². The Bertz CT molecular complexity index is 998. The van der Waals surface area contributed by atoms with E-state index in [4.69, 9.17) is 14.2 Å². The number of aromatic nitrogens is 1. The van der Waals surface area contributed by atoms with Crippen molar-refractivity contribution in [2.45, 2.75) is 58.0 Å². The third-order valence-corrected chi connectivity index (χ3v) is 5.37. The van der Waals surface area contributed by atoms with Crippen molar-refractivity contribution in [1.29, 1.82) is 0 Å². The van der Waals surface area contributed by atoms with Crippen LogP contribution < -0.4 is 5.32 Å². The van der Waals surface area contributed by atoms with E-state index in [1.165, 1.54) is 11.1 Å². The van der Waals surface area contributed by atoms with Crippen molar-refractivity contribution in [3.05, 3.63) is 59.7 Å². The Balaban J connectivity index is 1.60. The van der Waals surface area contributed by atoms with E-state index in [0.717, 1.165) is 11.8 Å². The number of morpholine rings is 1. The zero-order valence-corrected chi connectivity index (χ0v) is 20.2. The van der Waals surface area contributed by atoms with Crippen molar-refractivity contribution >= 4 is 17.9 Å². The molecule has 2 heterocycles. The monoisotopic (exact) mass is 489 g/mol. The number of amides is 2. The van der Waals surface area contributed by atoms with Crippen molar-refractivity contribution in [1.82, 2.24) is 9.88 Å². The Morgan fingerprint density at radius 3 is 2.69 bits per heavy atom. The summed E-state index contributed by atoms with van der Waals surface area (Å²) < 4.78 is 31.1. The number of ether oxygens (including phenoxy) is 3. The smallest absolute Gasteiger partial charge is 0.412 e. The van der Waals surface area contributed by atoms with Crippen LogP contribution in [0.2, 0.25) is 0 Å². The second-order valence-electron chi connectivity index (χ2n) is 9.30. The van der Waals surface area contributed by atoms with Gasteiger partial charge >= 0.3 is 12.2 Å². The zero-order chi connectivity index (χ0) is 25.4. The fraction of sp³-hybridized carbons (Fsp3) is 0.480. The number of hydrogen-bond acceptors (Lipinski definition) is 7. The first kappa shape index (κ1) is 26.4. The fourth-order valence-electron chi connectivity index (χ4n) is 3.63. The lowest BCUT2D eigenvalue weighted by Gasteiger charge is -2.39. The minimum Gasteiger partial charge on any atom is -0.444 e. The third-order valence-electron chi connectivity index (χ3n) is 5.37. The van der Waals surface area contributed by atoms with E-state index < -0.39 is 35.8 Å². The Morgan fingerprint density at radius 2 is 2.00 bits per heavy atom. The van der Waals surface area contributed by atoms with Crippen LogP contribution in [0.4, 0.5) is 19.7 Å². The lowest BCUT2D eigenvalue weighted by molar-refractivity contribution is -0.0821. The van der Waals surface area contributed by atoms with Gasteiger partial charge in [0.15, 0.2) is 0 Å². The normalized spacial score (nSPS) is 18.1. The van der Waals surface area contributed by atoms with Gasteiger partial charge in [0, 0.05) is 5.56 Å². The van der Waals surface area contributed by atoms with Crippen LogP contribution in [-0.2, 0) is 27.2 Å². The van der Waals surface area contributed by atoms with Crippen LogP contribution in [0.15, 0.2) is 42.7 Å². The number of nitrogens with zero attached hydrogens (tertiary/aromatic N) is 2. The molecule has 1 fully saturated rings. The average molecular weight is 490 g/mol. The largest absolute Gasteiger partial charge is 0.444 e. The summed E-state index contributed by atoms with van der Waals surface area (Å²) in [6, 6.07) is 8.68. The molecule has 1 saturated heterocycles. The van der Waals surface area contributed by atoms with Crippen LogP contribution in [0.5, 0.6) is 0 Å². The third kappa shape index (κ3) is 7.90. The molecule has 2 atom stereocenters. The number of aliphatic hydroxyl groups is 1. The Morgan fingerprint density at radius 1 is 1.26 bits per heavy atom. The molecule has 0 unspecified atom stereocenters. The maximum absolute atomic E-state index is 14.6. The first-order valence-corrected chi connectivity index (χ1v) is 11.5. The summed E-state index contributed by atoms with van der Waals surface area (Å²) in [5, 5.41) is 12.2. The molecule has 1 aromatic carbocycles. The van der Waals surface area contributed by atoms with E-state index >= 15 is 0 Å². The molecule has 2 aromatic rings. The molecule has 0 bridgehead atoms. The molecule has 1 aliphatic heterocycles. The summed E-state index contributed by atoms with van der Waals surface area (Å²) >= 11 is 0. The number of aliphatic hydroxyl groups excluding tert-OH is 1. The van der Waals surface area contributed by atoms with Crippen LogP contribution >= 0.6 is 0 Å². The SMILES string of the molecule is CC(C)(C)OC(=O)N1C[C@@H](CCc2c(F)cncc2NC(=O)OCc2ccccc2)OC[C@H]1CO. The molecule has 0 spiro atoms. The van der Waals surface area contributed by atoms with E-state index in [0.29, 0.717) is 6.42 Å². The van der Waals surface area contributed by atoms with E-state index in [9.17, 15) is 19.1 Å². The number of pyridine rings is 1. The van der Waals surface area contributed by atoms with Crippen molar-refractivity contribution in [2.24, 2.45) is 0 Å². The highest BCUT2D eigenvalue weighted by molar-refractivity contribution is 5.85. The van der Waals surface area contributed by atoms with Gasteiger partial charge in [-0.15, -0.1) is 0 Å². The average Bonchev–Trinajstić information content (AvgIpc) is 2.82. The minimum atomic E-state index is -0.724. The quantitative estimate of drug-likeness (QED) is 0.607. The molecule has 2 N–H and O–H groups in total. The second kappa shape index (κ2) is 11.9. The Kier molecular flexibility index (Phi) is 9.00. The van der Waals surface area contributed by atoms with Crippen LogP contribution in [0.3, 0.4) is 0 Å². The number of carbonyl (C=O) groups is 2. The topological polar surface area (TPSA) is 110 Å². The van der Waals surface area contributed by atoms with Gasteiger partial charge in [0.1, 0.15) is 18.0 Å². The van der Waals surface area contributed by atoms with Crippen LogP contribution in [-0.4, -0.2) is 64.7 Å². The lowest BCUT2D eigenvalue weighted by Crippen LogP contribution is -2.55. The predicted octanol–water partition coefficient (Wildman–Crippen LogP) is 3.90. The summed E-state index contributed by atoms with van der Waals surface area (Å²) in [5.41, 5.74) is 0.607. The molecular formula is C25H32FN3O6. The number of rotatable bonds is 7. The van der Waals surface area contributed by atoms with Gasteiger partial charge in [-0.1, -0.05) is 30.3 Å². The van der Waals surface area contributed by atoms with Crippen LogP contribution in [0.1, 0.15) is 38.3 Å². The second-order valence-corrected chi connectivity index (χ2v) is 9.30. The lowest BCUT2D eigenvalue weighted by atomic mass is 10.0. The van der Waals surface area contributed by atoms with Crippen molar-refractivity contribution in [2.75, 3.05) is 25.1 Å². The van der Waals surface area contributed by atoms with Gasteiger partial charge in [-0.05, 0) is 39.2 Å².